The van der Waals surface area contributed by atoms with E-state index in [2.05, 4.69) is 5.32 Å². The summed E-state index contributed by atoms with van der Waals surface area (Å²) in [6.07, 6.45) is 0. The number of ether oxygens (including phenoxy) is 1. The Labute approximate surface area is 118 Å². The lowest BCUT2D eigenvalue weighted by Crippen LogP contribution is -2.32. The van der Waals surface area contributed by atoms with Crippen molar-refractivity contribution in [1.29, 1.82) is 0 Å². The van der Waals surface area contributed by atoms with Crippen LogP contribution in [0.4, 0.5) is 0 Å². The second-order valence-corrected chi connectivity index (χ2v) is 4.18. The van der Waals surface area contributed by atoms with Gasteiger partial charge in [0.05, 0.1) is 7.11 Å². The molecule has 4 nitrogen and oxygen atoms in total. The van der Waals surface area contributed by atoms with Crippen LogP contribution in [0.5, 0.6) is 5.75 Å². The standard InChI is InChI=1S/C12H17ClN2O2.ClH/c1-8(6-14)12(16)15-7-9-10(13)4-3-5-11(9)17-2;/h3-5,8H,6-7,14H2,1-2H3,(H,15,16);1H. The molecule has 0 radical (unpaired) electrons. The van der Waals surface area contributed by atoms with Crippen LogP contribution in [0.15, 0.2) is 18.2 Å². The van der Waals surface area contributed by atoms with Crippen molar-refractivity contribution in [2.24, 2.45) is 11.7 Å². The number of hydrogen-bond donors (Lipinski definition) is 2. The van der Waals surface area contributed by atoms with Gasteiger partial charge in [-0.2, -0.15) is 0 Å². The van der Waals surface area contributed by atoms with Crippen LogP contribution in [0.1, 0.15) is 12.5 Å². The van der Waals surface area contributed by atoms with E-state index in [-0.39, 0.29) is 24.2 Å². The summed E-state index contributed by atoms with van der Waals surface area (Å²) < 4.78 is 5.18. The third-order valence-corrected chi connectivity index (χ3v) is 2.89. The molecule has 0 saturated carbocycles. The molecule has 0 aromatic heterocycles. The van der Waals surface area contributed by atoms with Crippen molar-refractivity contribution in [1.82, 2.24) is 5.32 Å². The van der Waals surface area contributed by atoms with Gasteiger partial charge in [0.2, 0.25) is 5.91 Å². The third kappa shape index (κ3) is 4.37. The van der Waals surface area contributed by atoms with Crippen LogP contribution in [0, 0.1) is 5.92 Å². The van der Waals surface area contributed by atoms with Crippen molar-refractivity contribution in [3.63, 3.8) is 0 Å². The van der Waals surface area contributed by atoms with Gasteiger partial charge in [0.15, 0.2) is 0 Å². The van der Waals surface area contributed by atoms with E-state index in [1.807, 2.05) is 0 Å². The largest absolute Gasteiger partial charge is 0.496 e. The van der Waals surface area contributed by atoms with Crippen molar-refractivity contribution in [2.75, 3.05) is 13.7 Å². The molecule has 6 heteroatoms. The van der Waals surface area contributed by atoms with Gasteiger partial charge in [0.25, 0.3) is 0 Å². The predicted molar refractivity (Wildman–Crippen MR) is 75.3 cm³/mol. The fourth-order valence-electron chi connectivity index (χ4n) is 1.36. The van der Waals surface area contributed by atoms with Gasteiger partial charge >= 0.3 is 0 Å². The van der Waals surface area contributed by atoms with Gasteiger partial charge in [-0.1, -0.05) is 24.6 Å². The zero-order valence-corrected chi connectivity index (χ0v) is 12.0. The minimum absolute atomic E-state index is 0. The lowest BCUT2D eigenvalue weighted by Gasteiger charge is -2.13. The van der Waals surface area contributed by atoms with Gasteiger partial charge in [0.1, 0.15) is 5.75 Å². The van der Waals surface area contributed by atoms with Crippen LogP contribution in [0.3, 0.4) is 0 Å². The Bertz CT molecular complexity index is 400. The summed E-state index contributed by atoms with van der Waals surface area (Å²) >= 11 is 6.05. The Morgan fingerprint density at radius 2 is 2.22 bits per heavy atom. The van der Waals surface area contributed by atoms with E-state index >= 15 is 0 Å². The smallest absolute Gasteiger partial charge is 0.224 e. The number of carbonyl (C=O) groups excluding carboxylic acids is 1. The van der Waals surface area contributed by atoms with Crippen molar-refractivity contribution in [2.45, 2.75) is 13.5 Å². The van der Waals surface area contributed by atoms with Crippen molar-refractivity contribution in [3.05, 3.63) is 28.8 Å². The van der Waals surface area contributed by atoms with Crippen LogP contribution in [0.25, 0.3) is 0 Å². The highest BCUT2D eigenvalue weighted by atomic mass is 35.5. The lowest BCUT2D eigenvalue weighted by molar-refractivity contribution is -0.124. The molecule has 0 aliphatic rings. The molecule has 0 bridgehead atoms. The molecule has 1 aromatic rings. The second kappa shape index (κ2) is 8.19. The number of carbonyl (C=O) groups is 1. The molecule has 0 heterocycles. The van der Waals surface area contributed by atoms with Gasteiger partial charge < -0.3 is 15.8 Å². The Morgan fingerprint density at radius 1 is 1.56 bits per heavy atom. The van der Waals surface area contributed by atoms with Gasteiger partial charge in [0, 0.05) is 29.6 Å². The molecule has 0 aliphatic carbocycles. The topological polar surface area (TPSA) is 64.3 Å². The van der Waals surface area contributed by atoms with Gasteiger partial charge in [-0.3, -0.25) is 4.79 Å². The molecule has 1 aromatic carbocycles. The van der Waals surface area contributed by atoms with E-state index in [1.165, 1.54) is 0 Å². The summed E-state index contributed by atoms with van der Waals surface area (Å²) in [5.74, 6) is 0.371. The Kier molecular flexibility index (Phi) is 7.75. The van der Waals surface area contributed by atoms with E-state index < -0.39 is 0 Å². The van der Waals surface area contributed by atoms with Gasteiger partial charge in [-0.15, -0.1) is 12.4 Å². The summed E-state index contributed by atoms with van der Waals surface area (Å²) in [5.41, 5.74) is 6.19. The quantitative estimate of drug-likeness (QED) is 0.872. The fourth-order valence-corrected chi connectivity index (χ4v) is 1.59. The van der Waals surface area contributed by atoms with Crippen LogP contribution in [-0.4, -0.2) is 19.6 Å². The summed E-state index contributed by atoms with van der Waals surface area (Å²) in [5, 5.41) is 3.36. The molecule has 0 fully saturated rings. The number of rotatable bonds is 5. The SMILES string of the molecule is COc1cccc(Cl)c1CNC(=O)C(C)CN.Cl. The average Bonchev–Trinajstić information content (AvgIpc) is 2.35. The molecule has 0 aliphatic heterocycles. The van der Waals surface area contributed by atoms with Crippen molar-refractivity contribution in [3.8, 4) is 5.75 Å². The number of nitrogens with two attached hydrogens (primary N) is 1. The monoisotopic (exact) mass is 292 g/mol. The average molecular weight is 293 g/mol. The Hall–Kier alpha value is -0.970. The zero-order valence-electron chi connectivity index (χ0n) is 10.4. The molecule has 18 heavy (non-hydrogen) atoms. The second-order valence-electron chi connectivity index (χ2n) is 3.78. The zero-order chi connectivity index (χ0) is 12.8. The fraction of sp³-hybridized carbons (Fsp3) is 0.417. The minimum atomic E-state index is -0.205. The van der Waals surface area contributed by atoms with Crippen molar-refractivity contribution < 1.29 is 9.53 Å². The Balaban J connectivity index is 0.00000289. The summed E-state index contributed by atoms with van der Waals surface area (Å²) in [6.45, 7) is 2.44. The molecular weight excluding hydrogens is 275 g/mol. The molecule has 0 spiro atoms. The van der Waals surface area contributed by atoms with Crippen LogP contribution in [0.2, 0.25) is 5.02 Å². The molecular formula is C12H18Cl2N2O2. The van der Waals surface area contributed by atoms with E-state index in [0.717, 1.165) is 5.56 Å². The van der Waals surface area contributed by atoms with Crippen molar-refractivity contribution >= 4 is 29.9 Å². The van der Waals surface area contributed by atoms with E-state index in [4.69, 9.17) is 22.1 Å². The van der Waals surface area contributed by atoms with E-state index in [0.29, 0.717) is 23.9 Å². The molecule has 102 valence electrons. The highest BCUT2D eigenvalue weighted by Crippen LogP contribution is 2.25. The number of benzene rings is 1. The normalized spacial score (nSPS) is 11.3. The highest BCUT2D eigenvalue weighted by Gasteiger charge is 2.13. The maximum Gasteiger partial charge on any atom is 0.224 e. The summed E-state index contributed by atoms with van der Waals surface area (Å²) in [6, 6.07) is 5.37. The predicted octanol–water partition coefficient (Wildman–Crippen LogP) is 1.98. The summed E-state index contributed by atoms with van der Waals surface area (Å²) in [4.78, 5) is 11.6. The molecule has 0 saturated heterocycles. The molecule has 1 atom stereocenters. The Morgan fingerprint density at radius 3 is 2.78 bits per heavy atom. The lowest BCUT2D eigenvalue weighted by atomic mass is 10.1. The first-order chi connectivity index (χ1) is 8.10. The maximum atomic E-state index is 11.6. The number of hydrogen-bond acceptors (Lipinski definition) is 3. The van der Waals surface area contributed by atoms with Gasteiger partial charge in [-0.05, 0) is 12.1 Å². The first-order valence-electron chi connectivity index (χ1n) is 5.39. The molecule has 1 amide bonds. The molecule has 1 rings (SSSR count). The van der Waals surface area contributed by atoms with Crippen LogP contribution < -0.4 is 15.8 Å². The molecule has 1 unspecified atom stereocenters. The number of methoxy groups -OCH3 is 1. The third-order valence-electron chi connectivity index (χ3n) is 2.54. The highest BCUT2D eigenvalue weighted by molar-refractivity contribution is 6.31. The van der Waals surface area contributed by atoms with E-state index in [1.54, 1.807) is 32.2 Å². The summed E-state index contributed by atoms with van der Waals surface area (Å²) in [7, 11) is 1.57. The number of halogens is 2. The first-order valence-corrected chi connectivity index (χ1v) is 5.77. The van der Waals surface area contributed by atoms with Gasteiger partial charge in [-0.25, -0.2) is 0 Å². The van der Waals surface area contributed by atoms with Crippen LogP contribution in [-0.2, 0) is 11.3 Å². The number of nitrogens with one attached hydrogen (secondary N) is 1. The number of amides is 1. The van der Waals surface area contributed by atoms with E-state index in [9.17, 15) is 4.79 Å². The maximum absolute atomic E-state index is 11.6. The van der Waals surface area contributed by atoms with Crippen LogP contribution >= 0.6 is 24.0 Å². The first kappa shape index (κ1) is 17.0. The molecule has 3 N–H and O–H groups in total. The minimum Gasteiger partial charge on any atom is -0.496 e.